The highest BCUT2D eigenvalue weighted by Gasteiger charge is 2.29. The Morgan fingerprint density at radius 3 is 2.59 bits per heavy atom. The van der Waals surface area contributed by atoms with Crippen molar-refractivity contribution in [3.63, 3.8) is 0 Å². The van der Waals surface area contributed by atoms with Crippen LogP contribution in [0.25, 0.3) is 0 Å². The van der Waals surface area contributed by atoms with Gasteiger partial charge in [0.2, 0.25) is 0 Å². The molecule has 1 unspecified atom stereocenters. The van der Waals surface area contributed by atoms with Crippen LogP contribution in [0.4, 0.5) is 11.5 Å². The van der Waals surface area contributed by atoms with Crippen LogP contribution in [0.5, 0.6) is 0 Å². The Kier molecular flexibility index (Phi) is 5.19. The minimum atomic E-state index is -3.05. The molecule has 2 N–H and O–H groups in total. The number of hydrogen-bond donors (Lipinski definition) is 2. The SMILES string of the molecule is CC(C)(C)c1ccccc1Nc1cc(C(=O)NC2CCS(=O)(=O)C2)ncn1. The fraction of sp³-hybridized carbons (Fsp3) is 0.421. The lowest BCUT2D eigenvalue weighted by Gasteiger charge is -2.23. The van der Waals surface area contributed by atoms with Crippen LogP contribution in [0.1, 0.15) is 43.2 Å². The summed E-state index contributed by atoms with van der Waals surface area (Å²) >= 11 is 0. The first kappa shape index (κ1) is 19.3. The van der Waals surface area contributed by atoms with Crippen molar-refractivity contribution >= 4 is 27.2 Å². The van der Waals surface area contributed by atoms with E-state index in [-0.39, 0.29) is 28.7 Å². The van der Waals surface area contributed by atoms with Crippen molar-refractivity contribution in [1.82, 2.24) is 15.3 Å². The summed E-state index contributed by atoms with van der Waals surface area (Å²) in [6, 6.07) is 9.14. The summed E-state index contributed by atoms with van der Waals surface area (Å²) in [6.45, 7) is 6.38. The lowest BCUT2D eigenvalue weighted by Crippen LogP contribution is -2.36. The first-order valence-corrected chi connectivity index (χ1v) is 10.7. The largest absolute Gasteiger partial charge is 0.347 e. The topological polar surface area (TPSA) is 101 Å². The van der Waals surface area contributed by atoms with Crippen molar-refractivity contribution in [3.8, 4) is 0 Å². The zero-order valence-corrected chi connectivity index (χ0v) is 16.5. The predicted octanol–water partition coefficient (Wildman–Crippen LogP) is 2.43. The molecule has 1 amide bonds. The molecule has 0 radical (unpaired) electrons. The van der Waals surface area contributed by atoms with Gasteiger partial charge in [-0.15, -0.1) is 0 Å². The second kappa shape index (κ2) is 7.26. The fourth-order valence-corrected chi connectivity index (χ4v) is 4.78. The first-order chi connectivity index (χ1) is 12.6. The minimum absolute atomic E-state index is 0.0200. The molecule has 0 aliphatic carbocycles. The van der Waals surface area contributed by atoms with Crippen LogP contribution in [-0.2, 0) is 15.3 Å². The smallest absolute Gasteiger partial charge is 0.270 e. The average Bonchev–Trinajstić information content (AvgIpc) is 2.93. The number of anilines is 2. The lowest BCUT2D eigenvalue weighted by atomic mass is 9.86. The molecule has 1 fully saturated rings. The highest BCUT2D eigenvalue weighted by molar-refractivity contribution is 7.91. The molecule has 0 bridgehead atoms. The summed E-state index contributed by atoms with van der Waals surface area (Å²) in [5.41, 5.74) is 2.19. The van der Waals surface area contributed by atoms with Crippen molar-refractivity contribution in [2.45, 2.75) is 38.6 Å². The van der Waals surface area contributed by atoms with E-state index < -0.39 is 15.7 Å². The van der Waals surface area contributed by atoms with Gasteiger partial charge in [-0.05, 0) is 23.5 Å². The summed E-state index contributed by atoms with van der Waals surface area (Å²) in [4.78, 5) is 20.6. The molecule has 2 heterocycles. The van der Waals surface area contributed by atoms with Crippen molar-refractivity contribution in [2.75, 3.05) is 16.8 Å². The van der Waals surface area contributed by atoms with E-state index in [0.29, 0.717) is 12.2 Å². The number of nitrogens with zero attached hydrogens (tertiary/aromatic N) is 2. The molecule has 27 heavy (non-hydrogen) atoms. The van der Waals surface area contributed by atoms with Crippen LogP contribution < -0.4 is 10.6 Å². The number of rotatable bonds is 4. The molecule has 1 aliphatic heterocycles. The molecule has 1 aliphatic rings. The van der Waals surface area contributed by atoms with E-state index in [0.717, 1.165) is 11.3 Å². The number of benzene rings is 1. The van der Waals surface area contributed by atoms with Gasteiger partial charge in [0.15, 0.2) is 9.84 Å². The maximum atomic E-state index is 12.4. The molecule has 7 nitrogen and oxygen atoms in total. The number of nitrogens with one attached hydrogen (secondary N) is 2. The van der Waals surface area contributed by atoms with Gasteiger partial charge in [0, 0.05) is 17.8 Å². The molecule has 144 valence electrons. The van der Waals surface area contributed by atoms with Crippen molar-refractivity contribution < 1.29 is 13.2 Å². The van der Waals surface area contributed by atoms with E-state index in [9.17, 15) is 13.2 Å². The van der Waals surface area contributed by atoms with Gasteiger partial charge >= 0.3 is 0 Å². The van der Waals surface area contributed by atoms with Gasteiger partial charge in [-0.2, -0.15) is 0 Å². The van der Waals surface area contributed by atoms with Gasteiger partial charge < -0.3 is 10.6 Å². The number of aromatic nitrogens is 2. The van der Waals surface area contributed by atoms with E-state index in [1.807, 2.05) is 18.2 Å². The van der Waals surface area contributed by atoms with Gasteiger partial charge in [-0.1, -0.05) is 39.0 Å². The fourth-order valence-electron chi connectivity index (χ4n) is 3.10. The minimum Gasteiger partial charge on any atom is -0.347 e. The number of sulfone groups is 1. The van der Waals surface area contributed by atoms with Crippen LogP contribution in [-0.4, -0.2) is 41.8 Å². The van der Waals surface area contributed by atoms with Crippen molar-refractivity contribution in [1.29, 1.82) is 0 Å². The Balaban J connectivity index is 1.76. The summed E-state index contributed by atoms with van der Waals surface area (Å²) < 4.78 is 23.1. The first-order valence-electron chi connectivity index (χ1n) is 8.84. The Hall–Kier alpha value is -2.48. The number of hydrogen-bond acceptors (Lipinski definition) is 6. The summed E-state index contributed by atoms with van der Waals surface area (Å²) in [6.07, 6.45) is 1.76. The van der Waals surface area contributed by atoms with E-state index in [1.54, 1.807) is 6.07 Å². The zero-order chi connectivity index (χ0) is 19.7. The van der Waals surface area contributed by atoms with Gasteiger partial charge in [0.05, 0.1) is 11.5 Å². The van der Waals surface area contributed by atoms with Crippen LogP contribution >= 0.6 is 0 Å². The second-order valence-electron chi connectivity index (χ2n) is 7.78. The summed E-state index contributed by atoms with van der Waals surface area (Å²) in [5.74, 6) is 0.198. The molecule has 0 spiro atoms. The van der Waals surface area contributed by atoms with Crippen LogP contribution in [0.3, 0.4) is 0 Å². The molecule has 1 aromatic carbocycles. The number of para-hydroxylation sites is 1. The molecular weight excluding hydrogens is 364 g/mol. The highest BCUT2D eigenvalue weighted by Crippen LogP contribution is 2.30. The van der Waals surface area contributed by atoms with Gasteiger partial charge in [-0.3, -0.25) is 4.79 Å². The Labute approximate surface area is 159 Å². The molecule has 0 saturated carbocycles. The maximum Gasteiger partial charge on any atom is 0.270 e. The van der Waals surface area contributed by atoms with E-state index in [4.69, 9.17) is 0 Å². The number of carbonyl (C=O) groups is 1. The molecule has 3 rings (SSSR count). The van der Waals surface area contributed by atoms with E-state index >= 15 is 0 Å². The average molecular weight is 388 g/mol. The van der Waals surface area contributed by atoms with E-state index in [1.165, 1.54) is 6.33 Å². The predicted molar refractivity (Wildman–Crippen MR) is 105 cm³/mol. The second-order valence-corrected chi connectivity index (χ2v) is 10.0. The summed E-state index contributed by atoms with van der Waals surface area (Å²) in [7, 11) is -3.05. The van der Waals surface area contributed by atoms with Crippen molar-refractivity contribution in [2.24, 2.45) is 0 Å². The third-order valence-electron chi connectivity index (χ3n) is 4.47. The third-order valence-corrected chi connectivity index (χ3v) is 6.23. The van der Waals surface area contributed by atoms with Crippen molar-refractivity contribution in [3.05, 3.63) is 47.9 Å². The van der Waals surface area contributed by atoms with Crippen LogP contribution in [0.2, 0.25) is 0 Å². The lowest BCUT2D eigenvalue weighted by molar-refractivity contribution is 0.0936. The quantitative estimate of drug-likeness (QED) is 0.834. The normalized spacial score (nSPS) is 18.9. The third kappa shape index (κ3) is 4.82. The van der Waals surface area contributed by atoms with Crippen LogP contribution in [0.15, 0.2) is 36.7 Å². The molecule has 1 atom stereocenters. The Bertz CT molecular complexity index is 951. The number of amides is 1. The van der Waals surface area contributed by atoms with Gasteiger partial charge in [-0.25, -0.2) is 18.4 Å². The van der Waals surface area contributed by atoms with Crippen LogP contribution in [0, 0.1) is 0 Å². The van der Waals surface area contributed by atoms with E-state index in [2.05, 4.69) is 47.4 Å². The Morgan fingerprint density at radius 2 is 1.93 bits per heavy atom. The standard InChI is InChI=1S/C19H24N4O3S/c1-19(2,3)14-6-4-5-7-15(14)23-17-10-16(20-12-21-17)18(24)22-13-8-9-27(25,26)11-13/h4-7,10,12-13H,8-9,11H2,1-3H3,(H,22,24)(H,20,21,23). The van der Waals surface area contributed by atoms with Gasteiger partial charge in [0.1, 0.15) is 17.8 Å². The van der Waals surface area contributed by atoms with Gasteiger partial charge in [0.25, 0.3) is 5.91 Å². The molecule has 2 aromatic rings. The molecule has 1 aromatic heterocycles. The zero-order valence-electron chi connectivity index (χ0n) is 15.7. The monoisotopic (exact) mass is 388 g/mol. The highest BCUT2D eigenvalue weighted by atomic mass is 32.2. The maximum absolute atomic E-state index is 12.4. The Morgan fingerprint density at radius 1 is 1.19 bits per heavy atom. The summed E-state index contributed by atoms with van der Waals surface area (Å²) in [5, 5.41) is 6.00. The molecule has 8 heteroatoms. The molecular formula is C19H24N4O3S. The molecule has 1 saturated heterocycles. The number of carbonyl (C=O) groups excluding carboxylic acids is 1.